The van der Waals surface area contributed by atoms with E-state index in [9.17, 15) is 4.79 Å². The number of H-pyrrole nitrogens is 1. The molecule has 0 bridgehead atoms. The van der Waals surface area contributed by atoms with E-state index in [-0.39, 0.29) is 16.0 Å². The van der Waals surface area contributed by atoms with Gasteiger partial charge in [0.1, 0.15) is 5.02 Å². The zero-order valence-corrected chi connectivity index (χ0v) is 11.7. The highest BCUT2D eigenvalue weighted by Gasteiger charge is 2.20. The maximum atomic E-state index is 11.4. The molecule has 2 rings (SSSR count). The van der Waals surface area contributed by atoms with Gasteiger partial charge < -0.3 is 10.3 Å². The highest BCUT2D eigenvalue weighted by atomic mass is 35.5. The van der Waals surface area contributed by atoms with E-state index in [4.69, 9.17) is 11.6 Å². The molecule has 0 saturated carbocycles. The summed E-state index contributed by atoms with van der Waals surface area (Å²) < 4.78 is 0. The number of nitrogens with zero attached hydrogens (tertiary/aromatic N) is 1. The van der Waals surface area contributed by atoms with Gasteiger partial charge in [0.15, 0.2) is 5.82 Å². The highest BCUT2D eigenvalue weighted by Crippen LogP contribution is 2.24. The fourth-order valence-corrected chi connectivity index (χ4v) is 1.97. The average molecular weight is 278 g/mol. The Morgan fingerprint density at radius 3 is 2.68 bits per heavy atom. The fraction of sp³-hybridized carbons (Fsp3) is 0.286. The van der Waals surface area contributed by atoms with Crippen molar-refractivity contribution in [1.82, 2.24) is 9.97 Å². The van der Waals surface area contributed by atoms with E-state index in [2.05, 4.69) is 41.3 Å². The predicted octanol–water partition coefficient (Wildman–Crippen LogP) is 2.81. The van der Waals surface area contributed by atoms with Gasteiger partial charge in [-0.2, -0.15) is 0 Å². The lowest BCUT2D eigenvalue weighted by molar-refractivity contribution is 0.556. The molecule has 0 aliphatic rings. The summed E-state index contributed by atoms with van der Waals surface area (Å²) in [5.74, 6) is 0.412. The van der Waals surface area contributed by atoms with Crippen LogP contribution in [0.3, 0.4) is 0 Å². The standard InChI is InChI=1S/C14H16ClN3O/c1-14(2,10-6-4-3-5-7-10)8-16-12-11(15)13(19)18-9-17-12/h3-7,9H,8H2,1-2H3,(H2,16,17,18,19). The predicted molar refractivity (Wildman–Crippen MR) is 77.8 cm³/mol. The average Bonchev–Trinajstić information content (AvgIpc) is 2.41. The summed E-state index contributed by atoms with van der Waals surface area (Å²) in [4.78, 5) is 17.8. The van der Waals surface area contributed by atoms with E-state index in [1.54, 1.807) is 0 Å². The van der Waals surface area contributed by atoms with E-state index >= 15 is 0 Å². The Morgan fingerprint density at radius 1 is 1.32 bits per heavy atom. The summed E-state index contributed by atoms with van der Waals surface area (Å²) in [6, 6.07) is 10.2. The number of anilines is 1. The number of hydrogen-bond donors (Lipinski definition) is 2. The second-order valence-electron chi connectivity index (χ2n) is 5.00. The maximum absolute atomic E-state index is 11.4. The summed E-state index contributed by atoms with van der Waals surface area (Å²) in [6.07, 6.45) is 1.34. The van der Waals surface area contributed by atoms with Gasteiger partial charge in [0.25, 0.3) is 5.56 Å². The van der Waals surface area contributed by atoms with Gasteiger partial charge in [-0.25, -0.2) is 4.98 Å². The van der Waals surface area contributed by atoms with Crippen LogP contribution < -0.4 is 10.9 Å². The van der Waals surface area contributed by atoms with Gasteiger partial charge in [0.2, 0.25) is 0 Å². The molecule has 0 unspecified atom stereocenters. The Bertz CT molecular complexity index is 608. The van der Waals surface area contributed by atoms with E-state index in [0.29, 0.717) is 12.4 Å². The second kappa shape index (κ2) is 5.45. The lowest BCUT2D eigenvalue weighted by Crippen LogP contribution is -2.28. The van der Waals surface area contributed by atoms with E-state index < -0.39 is 0 Å². The number of rotatable bonds is 4. The molecule has 4 nitrogen and oxygen atoms in total. The first-order valence-electron chi connectivity index (χ1n) is 6.03. The van der Waals surface area contributed by atoms with Crippen LogP contribution in [0.5, 0.6) is 0 Å². The molecule has 0 amide bonds. The lowest BCUT2D eigenvalue weighted by Gasteiger charge is -2.26. The topological polar surface area (TPSA) is 57.8 Å². The zero-order valence-electron chi connectivity index (χ0n) is 10.9. The van der Waals surface area contributed by atoms with Crippen LogP contribution in [0.4, 0.5) is 5.82 Å². The third kappa shape index (κ3) is 3.15. The van der Waals surface area contributed by atoms with Gasteiger partial charge in [-0.15, -0.1) is 0 Å². The molecule has 1 aromatic carbocycles. The minimum absolute atomic E-state index is 0.0884. The van der Waals surface area contributed by atoms with E-state index in [1.807, 2.05) is 18.2 Å². The normalized spacial score (nSPS) is 11.3. The van der Waals surface area contributed by atoms with Gasteiger partial charge in [-0.05, 0) is 5.56 Å². The van der Waals surface area contributed by atoms with Gasteiger partial charge in [0.05, 0.1) is 6.33 Å². The second-order valence-corrected chi connectivity index (χ2v) is 5.38. The Morgan fingerprint density at radius 2 is 2.00 bits per heavy atom. The van der Waals surface area contributed by atoms with Gasteiger partial charge in [-0.3, -0.25) is 4.79 Å². The molecule has 2 N–H and O–H groups in total. The number of hydrogen-bond acceptors (Lipinski definition) is 3. The van der Waals surface area contributed by atoms with Crippen molar-refractivity contribution in [1.29, 1.82) is 0 Å². The molecule has 0 radical (unpaired) electrons. The summed E-state index contributed by atoms with van der Waals surface area (Å²) in [6.45, 7) is 4.88. The van der Waals surface area contributed by atoms with Crippen molar-refractivity contribution in [2.24, 2.45) is 0 Å². The lowest BCUT2D eigenvalue weighted by atomic mass is 9.85. The van der Waals surface area contributed by atoms with Crippen molar-refractivity contribution in [3.63, 3.8) is 0 Å². The van der Waals surface area contributed by atoms with Crippen LogP contribution >= 0.6 is 11.6 Å². The van der Waals surface area contributed by atoms with Crippen LogP contribution in [0.25, 0.3) is 0 Å². The highest BCUT2D eigenvalue weighted by molar-refractivity contribution is 6.32. The summed E-state index contributed by atoms with van der Waals surface area (Å²) in [5, 5.41) is 3.22. The first kappa shape index (κ1) is 13.6. The van der Waals surface area contributed by atoms with E-state index in [1.165, 1.54) is 11.9 Å². The fourth-order valence-electron chi connectivity index (χ4n) is 1.80. The van der Waals surface area contributed by atoms with Crippen LogP contribution in [-0.4, -0.2) is 16.5 Å². The zero-order chi connectivity index (χ0) is 13.9. The Labute approximate surface area is 116 Å². The van der Waals surface area contributed by atoms with Gasteiger partial charge in [-0.1, -0.05) is 55.8 Å². The molecule has 0 atom stereocenters. The molecule has 19 heavy (non-hydrogen) atoms. The van der Waals surface area contributed by atoms with Crippen molar-refractivity contribution in [2.75, 3.05) is 11.9 Å². The van der Waals surface area contributed by atoms with Crippen molar-refractivity contribution < 1.29 is 0 Å². The molecule has 0 saturated heterocycles. The van der Waals surface area contributed by atoms with Crippen molar-refractivity contribution >= 4 is 17.4 Å². The molecule has 100 valence electrons. The molecule has 1 aromatic heterocycles. The first-order valence-corrected chi connectivity index (χ1v) is 6.41. The van der Waals surface area contributed by atoms with Crippen molar-refractivity contribution in [2.45, 2.75) is 19.3 Å². The number of aromatic nitrogens is 2. The minimum atomic E-state index is -0.336. The Kier molecular flexibility index (Phi) is 3.90. The third-order valence-corrected chi connectivity index (χ3v) is 3.40. The van der Waals surface area contributed by atoms with E-state index in [0.717, 1.165) is 0 Å². The van der Waals surface area contributed by atoms with Crippen molar-refractivity contribution in [3.8, 4) is 0 Å². The number of nitrogens with one attached hydrogen (secondary N) is 2. The van der Waals surface area contributed by atoms with Crippen LogP contribution in [0.1, 0.15) is 19.4 Å². The quantitative estimate of drug-likeness (QED) is 0.903. The van der Waals surface area contributed by atoms with Crippen LogP contribution in [-0.2, 0) is 5.41 Å². The van der Waals surface area contributed by atoms with Crippen LogP contribution in [0.2, 0.25) is 5.02 Å². The number of halogens is 1. The third-order valence-electron chi connectivity index (χ3n) is 3.05. The number of benzene rings is 1. The molecule has 2 aromatic rings. The molecular weight excluding hydrogens is 262 g/mol. The minimum Gasteiger partial charge on any atom is -0.368 e. The van der Waals surface area contributed by atoms with Crippen molar-refractivity contribution in [3.05, 3.63) is 57.6 Å². The Hall–Kier alpha value is -1.81. The molecule has 1 heterocycles. The smallest absolute Gasteiger partial charge is 0.271 e. The maximum Gasteiger partial charge on any atom is 0.271 e. The van der Waals surface area contributed by atoms with Gasteiger partial charge in [0, 0.05) is 12.0 Å². The summed E-state index contributed by atoms with van der Waals surface area (Å²) in [7, 11) is 0. The monoisotopic (exact) mass is 277 g/mol. The molecule has 0 aliphatic heterocycles. The largest absolute Gasteiger partial charge is 0.368 e. The molecule has 0 spiro atoms. The SMILES string of the molecule is CC(C)(CNc1nc[nH]c(=O)c1Cl)c1ccccc1. The Balaban J connectivity index is 2.14. The summed E-state index contributed by atoms with van der Waals surface area (Å²) >= 11 is 5.90. The molecule has 0 aliphatic carbocycles. The van der Waals surface area contributed by atoms with Crippen LogP contribution in [0, 0.1) is 0 Å². The number of aromatic amines is 1. The summed E-state index contributed by atoms with van der Waals surface area (Å²) in [5.41, 5.74) is 0.787. The first-order chi connectivity index (χ1) is 9.00. The van der Waals surface area contributed by atoms with Crippen LogP contribution in [0.15, 0.2) is 41.5 Å². The van der Waals surface area contributed by atoms with Gasteiger partial charge >= 0.3 is 0 Å². The molecular formula is C14H16ClN3O. The molecule has 5 heteroatoms. The molecule has 0 fully saturated rings.